The maximum atomic E-state index is 13.8. The van der Waals surface area contributed by atoms with Gasteiger partial charge in [0.05, 0.1) is 5.69 Å². The minimum Gasteiger partial charge on any atom is -0.275 e. The molecule has 0 unspecified atom stereocenters. The van der Waals surface area contributed by atoms with Crippen molar-refractivity contribution in [3.05, 3.63) is 104 Å². The fourth-order valence-corrected chi connectivity index (χ4v) is 5.92. The lowest BCUT2D eigenvalue weighted by atomic mass is 10.1. The summed E-state index contributed by atoms with van der Waals surface area (Å²) in [7, 11) is 0. The summed E-state index contributed by atoms with van der Waals surface area (Å²) in [5, 5.41) is 0.621. The number of aromatic nitrogens is 4. The molecule has 0 N–H and O–H groups in total. The molecule has 0 atom stereocenters. The fraction of sp³-hybridized carbons (Fsp3) is 0.154. The van der Waals surface area contributed by atoms with Crippen LogP contribution in [0, 0.1) is 24.7 Å². The van der Waals surface area contributed by atoms with E-state index in [-0.39, 0.29) is 5.56 Å². The summed E-state index contributed by atoms with van der Waals surface area (Å²) in [6, 6.07) is 18.0. The predicted molar refractivity (Wildman–Crippen MR) is 143 cm³/mol. The van der Waals surface area contributed by atoms with Crippen molar-refractivity contribution in [2.75, 3.05) is 0 Å². The number of benzene rings is 2. The molecule has 0 bridgehead atoms. The summed E-state index contributed by atoms with van der Waals surface area (Å²) in [6.07, 6.45) is 3.59. The van der Waals surface area contributed by atoms with Gasteiger partial charge in [0.1, 0.15) is 4.70 Å². The molecule has 0 saturated heterocycles. The highest BCUT2D eigenvalue weighted by molar-refractivity contribution is 7.98. The van der Waals surface area contributed by atoms with Crippen molar-refractivity contribution in [1.82, 2.24) is 19.1 Å². The van der Waals surface area contributed by atoms with E-state index < -0.39 is 0 Å². The lowest BCUT2D eigenvalue weighted by molar-refractivity contribution is 0.811. The molecular formula is C26H22N4OS3. The highest BCUT2D eigenvalue weighted by Gasteiger charge is 2.19. The number of rotatable bonds is 5. The lowest BCUT2D eigenvalue weighted by Gasteiger charge is -2.13. The van der Waals surface area contributed by atoms with Crippen molar-refractivity contribution < 1.29 is 0 Å². The Morgan fingerprint density at radius 3 is 2.44 bits per heavy atom. The summed E-state index contributed by atoms with van der Waals surface area (Å²) >= 11 is 8.53. The molecule has 5 aromatic rings. The molecule has 8 heteroatoms. The number of hydrogen-bond donors (Lipinski definition) is 0. The number of fused-ring (bicyclic) bond motifs is 1. The molecule has 0 aliphatic rings. The van der Waals surface area contributed by atoms with Crippen LogP contribution >= 0.6 is 35.3 Å². The lowest BCUT2D eigenvalue weighted by Crippen LogP contribution is -2.21. The Labute approximate surface area is 210 Å². The first-order valence-electron chi connectivity index (χ1n) is 10.8. The van der Waals surface area contributed by atoms with E-state index in [2.05, 4.69) is 31.0 Å². The second-order valence-corrected chi connectivity index (χ2v) is 10.7. The Hall–Kier alpha value is -3.07. The van der Waals surface area contributed by atoms with E-state index in [9.17, 15) is 4.79 Å². The molecule has 3 heterocycles. The van der Waals surface area contributed by atoms with Gasteiger partial charge in [0.15, 0.2) is 14.8 Å². The van der Waals surface area contributed by atoms with E-state index in [1.54, 1.807) is 10.8 Å². The van der Waals surface area contributed by atoms with Crippen LogP contribution in [0.4, 0.5) is 0 Å². The molecule has 170 valence electrons. The summed E-state index contributed by atoms with van der Waals surface area (Å²) in [5.74, 6) is 0.645. The normalized spacial score (nSPS) is 11.3. The third-order valence-corrected chi connectivity index (χ3v) is 8.07. The van der Waals surface area contributed by atoms with Crippen molar-refractivity contribution in [2.45, 2.75) is 31.7 Å². The molecule has 2 aromatic carbocycles. The van der Waals surface area contributed by atoms with Crippen molar-refractivity contribution in [3.63, 3.8) is 0 Å². The van der Waals surface area contributed by atoms with Gasteiger partial charge in [-0.15, -0.1) is 0 Å². The third kappa shape index (κ3) is 4.24. The van der Waals surface area contributed by atoms with Crippen molar-refractivity contribution in [2.24, 2.45) is 0 Å². The van der Waals surface area contributed by atoms with Crippen molar-refractivity contribution >= 4 is 45.7 Å². The number of aryl methyl sites for hydroxylation is 3. The smallest absolute Gasteiger partial charge is 0.275 e. The maximum Gasteiger partial charge on any atom is 0.278 e. The maximum absolute atomic E-state index is 13.8. The highest BCUT2D eigenvalue weighted by atomic mass is 32.2. The Morgan fingerprint density at radius 1 is 0.971 bits per heavy atom. The van der Waals surface area contributed by atoms with Crippen LogP contribution in [-0.2, 0) is 5.75 Å². The highest BCUT2D eigenvalue weighted by Crippen LogP contribution is 2.29. The summed E-state index contributed by atoms with van der Waals surface area (Å²) < 4.78 is 4.76. The van der Waals surface area contributed by atoms with Crippen LogP contribution in [0.25, 0.3) is 21.7 Å². The molecule has 5 rings (SSSR count). The van der Waals surface area contributed by atoms with Gasteiger partial charge in [-0.2, -0.15) is 0 Å². The first kappa shape index (κ1) is 22.7. The zero-order chi connectivity index (χ0) is 23.8. The molecule has 0 amide bonds. The number of nitrogens with zero attached hydrogens (tertiary/aromatic N) is 4. The second-order valence-electron chi connectivity index (χ2n) is 8.15. The van der Waals surface area contributed by atoms with Crippen LogP contribution in [-0.4, -0.2) is 19.1 Å². The van der Waals surface area contributed by atoms with E-state index in [0.717, 1.165) is 28.1 Å². The Bertz CT molecular complexity index is 1620. The summed E-state index contributed by atoms with van der Waals surface area (Å²) in [6.45, 7) is 6.18. The van der Waals surface area contributed by atoms with Gasteiger partial charge in [0.25, 0.3) is 5.56 Å². The zero-order valence-corrected chi connectivity index (χ0v) is 21.4. The Kier molecular flexibility index (Phi) is 6.20. The van der Waals surface area contributed by atoms with E-state index in [0.29, 0.717) is 25.2 Å². The van der Waals surface area contributed by atoms with Gasteiger partial charge in [-0.3, -0.25) is 18.9 Å². The number of thiazole rings is 1. The zero-order valence-electron chi connectivity index (χ0n) is 19.0. The average molecular weight is 503 g/mol. The first-order chi connectivity index (χ1) is 16.4. The SMILES string of the molecule is Cc1ccc(-n2c(SCc3cccnc3)nc3c(sc(=S)n3-c3ccc(C)c(C)c3)c2=O)cc1. The standard InChI is InChI=1S/C26H22N4OS3/c1-16-6-9-20(10-7-16)30-24(31)22-23(28-25(30)33-15-19-5-4-12-27-14-19)29(26(32)34-22)21-11-8-17(2)18(3)13-21/h4-14H,15H2,1-3H3. The predicted octanol–water partition coefficient (Wildman–Crippen LogP) is 6.58. The van der Waals surface area contributed by atoms with Gasteiger partial charge in [0.2, 0.25) is 0 Å². The molecule has 0 saturated carbocycles. The monoisotopic (exact) mass is 502 g/mol. The molecule has 34 heavy (non-hydrogen) atoms. The third-order valence-electron chi connectivity index (χ3n) is 5.71. The van der Waals surface area contributed by atoms with Gasteiger partial charge in [-0.05, 0) is 80.0 Å². The van der Waals surface area contributed by atoms with Crippen LogP contribution < -0.4 is 5.56 Å². The second kappa shape index (κ2) is 9.29. The number of thioether (sulfide) groups is 1. The Morgan fingerprint density at radius 2 is 1.74 bits per heavy atom. The number of pyridine rings is 1. The van der Waals surface area contributed by atoms with Crippen LogP contribution in [0.15, 0.2) is 76.9 Å². The topological polar surface area (TPSA) is 52.7 Å². The van der Waals surface area contributed by atoms with Gasteiger partial charge >= 0.3 is 0 Å². The van der Waals surface area contributed by atoms with Gasteiger partial charge in [-0.25, -0.2) is 4.98 Å². The number of hydrogen-bond acceptors (Lipinski definition) is 6. The van der Waals surface area contributed by atoms with Crippen LogP contribution in [0.5, 0.6) is 0 Å². The van der Waals surface area contributed by atoms with Crippen LogP contribution in [0.1, 0.15) is 22.3 Å². The van der Waals surface area contributed by atoms with Crippen LogP contribution in [0.3, 0.4) is 0 Å². The summed E-state index contributed by atoms with van der Waals surface area (Å²) in [4.78, 5) is 23.0. The van der Waals surface area contributed by atoms with Gasteiger partial charge in [-0.1, -0.05) is 52.9 Å². The minimum atomic E-state index is -0.110. The van der Waals surface area contributed by atoms with Gasteiger partial charge < -0.3 is 0 Å². The molecule has 0 fully saturated rings. The van der Waals surface area contributed by atoms with E-state index >= 15 is 0 Å². The van der Waals surface area contributed by atoms with Crippen molar-refractivity contribution in [3.8, 4) is 11.4 Å². The molecular weight excluding hydrogens is 481 g/mol. The fourth-order valence-electron chi connectivity index (χ4n) is 3.68. The van der Waals surface area contributed by atoms with Gasteiger partial charge in [0, 0.05) is 23.8 Å². The molecule has 3 aromatic heterocycles. The van der Waals surface area contributed by atoms with E-state index in [1.165, 1.54) is 28.7 Å². The quantitative estimate of drug-likeness (QED) is 0.154. The van der Waals surface area contributed by atoms with Crippen LogP contribution in [0.2, 0.25) is 0 Å². The molecule has 0 radical (unpaired) electrons. The summed E-state index contributed by atoms with van der Waals surface area (Å²) in [5.41, 5.74) is 6.76. The van der Waals surface area contributed by atoms with E-state index in [1.807, 2.05) is 60.2 Å². The molecule has 0 spiro atoms. The molecule has 5 nitrogen and oxygen atoms in total. The van der Waals surface area contributed by atoms with Crippen molar-refractivity contribution in [1.29, 1.82) is 0 Å². The first-order valence-corrected chi connectivity index (χ1v) is 13.0. The minimum absolute atomic E-state index is 0.110. The largest absolute Gasteiger partial charge is 0.278 e. The molecule has 0 aliphatic heterocycles. The molecule has 0 aliphatic carbocycles. The van der Waals surface area contributed by atoms with E-state index in [4.69, 9.17) is 17.2 Å². The average Bonchev–Trinajstić information content (AvgIpc) is 3.17. The Balaban J connectivity index is 1.74.